The summed E-state index contributed by atoms with van der Waals surface area (Å²) in [6.45, 7) is 4.26. The summed E-state index contributed by atoms with van der Waals surface area (Å²) in [6, 6.07) is 0. The normalized spacial score (nSPS) is 30.0. The number of rotatable bonds is 2. The highest BCUT2D eigenvalue weighted by atomic mass is 16.3. The van der Waals surface area contributed by atoms with E-state index >= 15 is 0 Å². The van der Waals surface area contributed by atoms with E-state index in [2.05, 4.69) is 18.9 Å². The molecule has 0 spiro atoms. The summed E-state index contributed by atoms with van der Waals surface area (Å²) in [4.78, 5) is 0. The average Bonchev–Trinajstić information content (AvgIpc) is 2.49. The molecule has 1 atom stereocenters. The van der Waals surface area contributed by atoms with Gasteiger partial charge >= 0.3 is 0 Å². The van der Waals surface area contributed by atoms with Crippen molar-refractivity contribution in [1.29, 1.82) is 0 Å². The Kier molecular flexibility index (Phi) is 1.96. The Bertz CT molecular complexity index is 343. The van der Waals surface area contributed by atoms with Crippen LogP contribution in [-0.4, -0.2) is 20.5 Å². The van der Waals surface area contributed by atoms with Crippen molar-refractivity contribution < 1.29 is 5.11 Å². The van der Waals surface area contributed by atoms with E-state index in [0.29, 0.717) is 0 Å². The molecule has 3 heteroatoms. The lowest BCUT2D eigenvalue weighted by atomic mass is 9.57. The lowest BCUT2D eigenvalue weighted by molar-refractivity contribution is -0.147. The second-order valence-corrected chi connectivity index (χ2v) is 5.11. The monoisotopic (exact) mass is 194 g/mol. The highest BCUT2D eigenvalue weighted by Gasteiger charge is 2.51. The molecule has 0 aromatic carbocycles. The Morgan fingerprint density at radius 1 is 1.50 bits per heavy atom. The molecule has 1 aliphatic carbocycles. The van der Waals surface area contributed by atoms with E-state index in [1.807, 2.05) is 19.4 Å². The number of hydrogen-bond donors (Lipinski definition) is 1. The zero-order valence-electron chi connectivity index (χ0n) is 9.12. The van der Waals surface area contributed by atoms with Crippen molar-refractivity contribution >= 4 is 0 Å². The van der Waals surface area contributed by atoms with E-state index in [1.54, 1.807) is 4.68 Å². The predicted octanol–water partition coefficient (Wildman–Crippen LogP) is 1.51. The van der Waals surface area contributed by atoms with Crippen molar-refractivity contribution in [2.45, 2.75) is 38.7 Å². The third-order valence-corrected chi connectivity index (χ3v) is 3.68. The van der Waals surface area contributed by atoms with Gasteiger partial charge in [0.15, 0.2) is 0 Å². The Morgan fingerprint density at radius 2 is 2.21 bits per heavy atom. The molecule has 14 heavy (non-hydrogen) atoms. The van der Waals surface area contributed by atoms with Gasteiger partial charge in [-0.3, -0.25) is 4.68 Å². The number of aliphatic hydroxyl groups is 1. The quantitative estimate of drug-likeness (QED) is 0.775. The molecule has 1 N–H and O–H groups in total. The summed E-state index contributed by atoms with van der Waals surface area (Å²) in [5.41, 5.74) is 0.668. The second-order valence-electron chi connectivity index (χ2n) is 5.11. The van der Waals surface area contributed by atoms with Gasteiger partial charge in [0, 0.05) is 19.7 Å². The van der Waals surface area contributed by atoms with Crippen LogP contribution in [0.15, 0.2) is 12.4 Å². The average molecular weight is 194 g/mol. The smallest absolute Gasteiger partial charge is 0.0739 e. The molecular formula is C11H18N2O. The van der Waals surface area contributed by atoms with Crippen LogP contribution in [0.25, 0.3) is 0 Å². The Morgan fingerprint density at radius 3 is 2.57 bits per heavy atom. The molecule has 1 saturated carbocycles. The molecule has 0 bridgehead atoms. The number of hydrogen-bond acceptors (Lipinski definition) is 2. The van der Waals surface area contributed by atoms with Crippen molar-refractivity contribution in [1.82, 2.24) is 9.78 Å². The first-order chi connectivity index (χ1) is 6.43. The first kappa shape index (κ1) is 9.71. The first-order valence-corrected chi connectivity index (χ1v) is 5.13. The second kappa shape index (κ2) is 2.83. The van der Waals surface area contributed by atoms with E-state index in [4.69, 9.17) is 0 Å². The van der Waals surface area contributed by atoms with Gasteiger partial charge in [-0.15, -0.1) is 0 Å². The van der Waals surface area contributed by atoms with Crippen LogP contribution in [0, 0.1) is 5.41 Å². The largest absolute Gasteiger partial charge is 0.389 e. The summed E-state index contributed by atoms with van der Waals surface area (Å²) in [7, 11) is 1.90. The Labute approximate surface area is 84.7 Å². The van der Waals surface area contributed by atoms with Crippen LogP contribution in [-0.2, 0) is 13.5 Å². The molecule has 2 rings (SSSR count). The first-order valence-electron chi connectivity index (χ1n) is 5.13. The third kappa shape index (κ3) is 1.36. The molecule has 0 aliphatic heterocycles. The summed E-state index contributed by atoms with van der Waals surface area (Å²) >= 11 is 0. The van der Waals surface area contributed by atoms with Gasteiger partial charge in [-0.2, -0.15) is 5.10 Å². The van der Waals surface area contributed by atoms with Gasteiger partial charge in [0.1, 0.15) is 0 Å². The molecular weight excluding hydrogens is 176 g/mol. The van der Waals surface area contributed by atoms with Gasteiger partial charge in [0.25, 0.3) is 0 Å². The number of aromatic nitrogens is 2. The molecule has 1 fully saturated rings. The third-order valence-electron chi connectivity index (χ3n) is 3.68. The summed E-state index contributed by atoms with van der Waals surface area (Å²) in [5.74, 6) is 0. The highest BCUT2D eigenvalue weighted by molar-refractivity contribution is 5.14. The van der Waals surface area contributed by atoms with E-state index in [9.17, 15) is 5.11 Å². The fourth-order valence-electron chi connectivity index (χ4n) is 2.14. The van der Waals surface area contributed by atoms with Gasteiger partial charge in [-0.1, -0.05) is 13.8 Å². The molecule has 78 valence electrons. The van der Waals surface area contributed by atoms with Crippen LogP contribution >= 0.6 is 0 Å². The molecule has 1 unspecified atom stereocenters. The minimum atomic E-state index is -0.518. The molecule has 1 aliphatic rings. The zero-order valence-corrected chi connectivity index (χ0v) is 9.12. The van der Waals surface area contributed by atoms with Gasteiger partial charge in [-0.05, 0) is 23.8 Å². The van der Waals surface area contributed by atoms with Gasteiger partial charge < -0.3 is 5.11 Å². The van der Waals surface area contributed by atoms with Crippen molar-refractivity contribution in [3.63, 3.8) is 0 Å². The van der Waals surface area contributed by atoms with Crippen LogP contribution < -0.4 is 0 Å². The van der Waals surface area contributed by atoms with E-state index in [0.717, 1.165) is 24.8 Å². The Hall–Kier alpha value is -0.830. The van der Waals surface area contributed by atoms with E-state index < -0.39 is 5.60 Å². The fraction of sp³-hybridized carbons (Fsp3) is 0.727. The highest BCUT2D eigenvalue weighted by Crippen LogP contribution is 2.50. The summed E-state index contributed by atoms with van der Waals surface area (Å²) < 4.78 is 1.78. The standard InChI is InChI=1S/C11H18N2O/c1-10(2)4-5-11(10,14)6-9-7-12-13(3)8-9/h7-8,14H,4-6H2,1-3H3. The van der Waals surface area contributed by atoms with E-state index in [-0.39, 0.29) is 5.41 Å². The number of nitrogens with zero attached hydrogens (tertiary/aromatic N) is 2. The molecule has 0 amide bonds. The van der Waals surface area contributed by atoms with Crippen LogP contribution in [0.3, 0.4) is 0 Å². The molecule has 0 saturated heterocycles. The van der Waals surface area contributed by atoms with E-state index in [1.165, 1.54) is 0 Å². The summed E-state index contributed by atoms with van der Waals surface area (Å²) in [6.07, 6.45) is 6.57. The Balaban J connectivity index is 2.11. The topological polar surface area (TPSA) is 38.0 Å². The maximum absolute atomic E-state index is 10.4. The maximum atomic E-state index is 10.4. The number of aryl methyl sites for hydroxylation is 1. The van der Waals surface area contributed by atoms with Crippen LogP contribution in [0.5, 0.6) is 0 Å². The SMILES string of the molecule is Cn1cc(CC2(O)CCC2(C)C)cn1. The van der Waals surface area contributed by atoms with Gasteiger partial charge in [0.05, 0.1) is 11.8 Å². The molecule has 0 radical (unpaired) electrons. The van der Waals surface area contributed by atoms with Crippen molar-refractivity contribution in [2.75, 3.05) is 0 Å². The molecule has 1 heterocycles. The van der Waals surface area contributed by atoms with Crippen LogP contribution in [0.4, 0.5) is 0 Å². The fourth-order valence-corrected chi connectivity index (χ4v) is 2.14. The van der Waals surface area contributed by atoms with Gasteiger partial charge in [0.2, 0.25) is 0 Å². The van der Waals surface area contributed by atoms with Crippen molar-refractivity contribution in [3.8, 4) is 0 Å². The minimum absolute atomic E-state index is 0.0584. The van der Waals surface area contributed by atoms with Crippen LogP contribution in [0.2, 0.25) is 0 Å². The van der Waals surface area contributed by atoms with Gasteiger partial charge in [-0.25, -0.2) is 0 Å². The maximum Gasteiger partial charge on any atom is 0.0739 e. The summed E-state index contributed by atoms with van der Waals surface area (Å²) in [5, 5.41) is 14.5. The minimum Gasteiger partial charge on any atom is -0.389 e. The molecule has 1 aromatic rings. The predicted molar refractivity (Wildman–Crippen MR) is 54.9 cm³/mol. The molecule has 3 nitrogen and oxygen atoms in total. The zero-order chi connectivity index (χ0) is 10.4. The molecule has 1 aromatic heterocycles. The van der Waals surface area contributed by atoms with Crippen molar-refractivity contribution in [2.24, 2.45) is 12.5 Å². The van der Waals surface area contributed by atoms with Crippen LogP contribution in [0.1, 0.15) is 32.3 Å². The lowest BCUT2D eigenvalue weighted by Gasteiger charge is -2.52. The lowest BCUT2D eigenvalue weighted by Crippen LogP contribution is -2.55. The van der Waals surface area contributed by atoms with Crippen molar-refractivity contribution in [3.05, 3.63) is 18.0 Å².